The summed E-state index contributed by atoms with van der Waals surface area (Å²) in [5.41, 5.74) is -0.756. The highest BCUT2D eigenvalue weighted by Crippen LogP contribution is 2.29. The summed E-state index contributed by atoms with van der Waals surface area (Å²) in [4.78, 5) is 24.4. The van der Waals surface area contributed by atoms with Crippen molar-refractivity contribution in [2.75, 3.05) is 31.1 Å². The van der Waals surface area contributed by atoms with Crippen molar-refractivity contribution < 1.29 is 27.2 Å². The van der Waals surface area contributed by atoms with Gasteiger partial charge in [-0.2, -0.15) is 18.2 Å². The van der Waals surface area contributed by atoms with Gasteiger partial charge in [-0.1, -0.05) is 16.8 Å². The summed E-state index contributed by atoms with van der Waals surface area (Å²) in [7, 11) is 0. The summed E-state index contributed by atoms with van der Waals surface area (Å²) in [6.07, 6.45) is -3.31. The van der Waals surface area contributed by atoms with Crippen molar-refractivity contribution in [3.8, 4) is 17.1 Å². The summed E-state index contributed by atoms with van der Waals surface area (Å²) < 4.78 is 48.1. The molecule has 0 spiro atoms. The molecule has 1 fully saturated rings. The molecular formula is C22H21ClF3N5O3. The summed E-state index contributed by atoms with van der Waals surface area (Å²) in [6.45, 7) is 5.45. The van der Waals surface area contributed by atoms with Crippen LogP contribution in [0.3, 0.4) is 0 Å². The second kappa shape index (κ2) is 9.13. The third-order valence-electron chi connectivity index (χ3n) is 5.27. The molecule has 0 radical (unpaired) electrons. The average Bonchev–Trinajstić information content (AvgIpc) is 3.31. The zero-order chi connectivity index (χ0) is 24.5. The minimum absolute atomic E-state index is 0.136. The van der Waals surface area contributed by atoms with E-state index in [-0.39, 0.29) is 11.7 Å². The number of hydrogen-bond acceptors (Lipinski definition) is 7. The van der Waals surface area contributed by atoms with Crippen molar-refractivity contribution in [3.05, 3.63) is 53.5 Å². The van der Waals surface area contributed by atoms with Gasteiger partial charge in [0.25, 0.3) is 5.91 Å². The van der Waals surface area contributed by atoms with E-state index in [4.69, 9.17) is 16.3 Å². The number of alkyl halides is 3. The van der Waals surface area contributed by atoms with E-state index < -0.39 is 17.7 Å². The van der Waals surface area contributed by atoms with Crippen LogP contribution in [0.1, 0.15) is 19.7 Å². The molecule has 2 aromatic heterocycles. The van der Waals surface area contributed by atoms with Gasteiger partial charge in [0.2, 0.25) is 5.82 Å². The highest BCUT2D eigenvalue weighted by atomic mass is 35.5. The molecule has 0 unspecified atom stereocenters. The summed E-state index contributed by atoms with van der Waals surface area (Å²) in [5, 5.41) is 3.94. The summed E-state index contributed by atoms with van der Waals surface area (Å²) in [5.74, 6) is -0.551. The fourth-order valence-corrected chi connectivity index (χ4v) is 3.65. The Labute approximate surface area is 198 Å². The van der Waals surface area contributed by atoms with Crippen molar-refractivity contribution >= 4 is 23.3 Å². The summed E-state index contributed by atoms with van der Waals surface area (Å²) >= 11 is 5.90. The van der Waals surface area contributed by atoms with Gasteiger partial charge in [-0.15, -0.1) is 0 Å². The fraction of sp³-hybridized carbons (Fsp3) is 0.364. The first-order valence-corrected chi connectivity index (χ1v) is 10.8. The molecule has 1 amide bonds. The van der Waals surface area contributed by atoms with E-state index in [0.29, 0.717) is 48.3 Å². The standard InChI is InChI=1S/C22H21ClF3N5O3/c1-21(2,33-16-6-4-15(23)5-7-16)20(32)31-11-9-30(10-12-31)17-8-3-14(13-27-17)18-28-19(34-29-18)22(24,25)26/h3-8,13H,9-12H2,1-2H3. The number of carbonyl (C=O) groups is 1. The fourth-order valence-electron chi connectivity index (χ4n) is 3.52. The quantitative estimate of drug-likeness (QED) is 0.521. The van der Waals surface area contributed by atoms with E-state index in [9.17, 15) is 18.0 Å². The van der Waals surface area contributed by atoms with E-state index >= 15 is 0 Å². The van der Waals surface area contributed by atoms with Gasteiger partial charge in [0.1, 0.15) is 11.6 Å². The van der Waals surface area contributed by atoms with Crippen molar-refractivity contribution in [2.24, 2.45) is 0 Å². The van der Waals surface area contributed by atoms with E-state index in [1.165, 1.54) is 6.20 Å². The predicted molar refractivity (Wildman–Crippen MR) is 117 cm³/mol. The van der Waals surface area contributed by atoms with Crippen LogP contribution in [-0.2, 0) is 11.0 Å². The lowest BCUT2D eigenvalue weighted by Gasteiger charge is -2.39. The maximum atomic E-state index is 13.0. The van der Waals surface area contributed by atoms with Gasteiger partial charge in [0.15, 0.2) is 5.60 Å². The second-order valence-corrected chi connectivity index (χ2v) is 8.61. The van der Waals surface area contributed by atoms with Gasteiger partial charge in [-0.25, -0.2) is 4.98 Å². The van der Waals surface area contributed by atoms with Gasteiger partial charge in [-0.05, 0) is 50.2 Å². The number of rotatable bonds is 5. The van der Waals surface area contributed by atoms with Crippen LogP contribution in [0.5, 0.6) is 5.75 Å². The molecule has 0 aliphatic carbocycles. The highest BCUT2D eigenvalue weighted by Gasteiger charge is 2.39. The monoisotopic (exact) mass is 495 g/mol. The first-order chi connectivity index (χ1) is 16.0. The largest absolute Gasteiger partial charge is 0.478 e. The minimum Gasteiger partial charge on any atom is -0.478 e. The van der Waals surface area contributed by atoms with Crippen molar-refractivity contribution in [3.63, 3.8) is 0 Å². The lowest BCUT2D eigenvalue weighted by atomic mass is 10.1. The van der Waals surface area contributed by atoms with Crippen LogP contribution in [0.25, 0.3) is 11.4 Å². The smallest absolute Gasteiger partial charge is 0.471 e. The summed E-state index contributed by atoms with van der Waals surface area (Å²) in [6, 6.07) is 10.1. The molecule has 1 aliphatic rings. The number of pyridine rings is 1. The molecule has 1 aliphatic heterocycles. The third-order valence-corrected chi connectivity index (χ3v) is 5.52. The normalized spacial score (nSPS) is 14.9. The number of anilines is 1. The van der Waals surface area contributed by atoms with Crippen LogP contribution >= 0.6 is 11.6 Å². The molecule has 1 saturated heterocycles. The first-order valence-electron chi connectivity index (χ1n) is 10.4. The predicted octanol–water partition coefficient (Wildman–Crippen LogP) is 4.31. The lowest BCUT2D eigenvalue weighted by molar-refractivity contribution is -0.159. The van der Waals surface area contributed by atoms with E-state index in [1.54, 1.807) is 55.1 Å². The molecule has 1 aromatic carbocycles. The zero-order valence-electron chi connectivity index (χ0n) is 18.3. The number of carbonyl (C=O) groups excluding carboxylic acids is 1. The van der Waals surface area contributed by atoms with Crippen molar-refractivity contribution in [1.29, 1.82) is 0 Å². The van der Waals surface area contributed by atoms with Crippen LogP contribution in [0.4, 0.5) is 19.0 Å². The third kappa shape index (κ3) is 5.24. The maximum absolute atomic E-state index is 13.0. The number of amides is 1. The Morgan fingerprint density at radius 2 is 1.74 bits per heavy atom. The SMILES string of the molecule is CC(C)(Oc1ccc(Cl)cc1)C(=O)N1CCN(c2ccc(-c3noc(C(F)(F)F)n3)cn2)CC1. The van der Waals surface area contributed by atoms with E-state index in [2.05, 4.69) is 19.6 Å². The molecule has 12 heteroatoms. The Morgan fingerprint density at radius 1 is 1.06 bits per heavy atom. The van der Waals surface area contributed by atoms with Crippen LogP contribution in [0.15, 0.2) is 47.1 Å². The Morgan fingerprint density at radius 3 is 2.29 bits per heavy atom. The van der Waals surface area contributed by atoms with E-state index in [1.807, 2.05) is 4.90 Å². The van der Waals surface area contributed by atoms with Gasteiger partial charge in [-0.3, -0.25) is 4.79 Å². The van der Waals surface area contributed by atoms with Gasteiger partial charge >= 0.3 is 12.1 Å². The molecule has 3 aromatic rings. The number of benzene rings is 1. The molecule has 0 atom stereocenters. The number of piperazine rings is 1. The van der Waals surface area contributed by atoms with Crippen LogP contribution in [0.2, 0.25) is 5.02 Å². The molecule has 3 heterocycles. The van der Waals surface area contributed by atoms with Gasteiger partial charge < -0.3 is 19.1 Å². The Bertz CT molecular complexity index is 1140. The van der Waals surface area contributed by atoms with Crippen molar-refractivity contribution in [1.82, 2.24) is 20.0 Å². The second-order valence-electron chi connectivity index (χ2n) is 8.17. The van der Waals surface area contributed by atoms with Crippen LogP contribution in [-0.4, -0.2) is 57.7 Å². The molecule has 8 nitrogen and oxygen atoms in total. The highest BCUT2D eigenvalue weighted by molar-refractivity contribution is 6.30. The zero-order valence-corrected chi connectivity index (χ0v) is 19.1. The topological polar surface area (TPSA) is 84.6 Å². The maximum Gasteiger partial charge on any atom is 0.471 e. The molecule has 4 rings (SSSR count). The number of aromatic nitrogens is 3. The first kappa shape index (κ1) is 23.8. The number of hydrogen-bond donors (Lipinski definition) is 0. The van der Waals surface area contributed by atoms with Crippen LogP contribution < -0.4 is 9.64 Å². The molecule has 0 N–H and O–H groups in total. The molecule has 34 heavy (non-hydrogen) atoms. The van der Waals surface area contributed by atoms with Crippen LogP contribution in [0, 0.1) is 0 Å². The average molecular weight is 496 g/mol. The lowest BCUT2D eigenvalue weighted by Crippen LogP contribution is -2.56. The number of ether oxygens (including phenoxy) is 1. The molecule has 0 saturated carbocycles. The molecule has 180 valence electrons. The number of nitrogens with zero attached hydrogens (tertiary/aromatic N) is 5. The van der Waals surface area contributed by atoms with Crippen molar-refractivity contribution in [2.45, 2.75) is 25.6 Å². The Hall–Kier alpha value is -3.34. The number of halogens is 4. The van der Waals surface area contributed by atoms with E-state index in [0.717, 1.165) is 0 Å². The molecule has 0 bridgehead atoms. The van der Waals surface area contributed by atoms with Gasteiger partial charge in [0.05, 0.1) is 0 Å². The Kier molecular flexibility index (Phi) is 6.39. The van der Waals surface area contributed by atoms with Gasteiger partial charge in [0, 0.05) is 43.0 Å². The Balaban J connectivity index is 1.35. The minimum atomic E-state index is -4.70. The molecular weight excluding hydrogens is 475 g/mol.